The van der Waals surface area contributed by atoms with Gasteiger partial charge >= 0.3 is 5.97 Å². The Morgan fingerprint density at radius 1 is 1.37 bits per heavy atom. The molecule has 0 bridgehead atoms. The maximum absolute atomic E-state index is 12.0. The average Bonchev–Trinajstić information content (AvgIpc) is 2.37. The summed E-state index contributed by atoms with van der Waals surface area (Å²) in [5.74, 6) is -0.147. The number of aldehydes is 1. The van der Waals surface area contributed by atoms with E-state index in [0.29, 0.717) is 23.0 Å². The number of benzene rings is 1. The van der Waals surface area contributed by atoms with Crippen LogP contribution in [0, 0.1) is 0 Å². The zero-order valence-electron chi connectivity index (χ0n) is 10.1. The third kappa shape index (κ3) is 2.77. The number of rotatable bonds is 3. The maximum atomic E-state index is 12.0. The lowest BCUT2D eigenvalue weighted by molar-refractivity contribution is -0.131. The van der Waals surface area contributed by atoms with Crippen LogP contribution in [0.2, 0.25) is 0 Å². The van der Waals surface area contributed by atoms with Crippen molar-refractivity contribution in [3.63, 3.8) is 0 Å². The fourth-order valence-corrected chi connectivity index (χ4v) is 1.61. The number of allylic oxidation sites excluding steroid dienone is 1. The van der Waals surface area contributed by atoms with Crippen LogP contribution in [0.15, 0.2) is 39.7 Å². The highest BCUT2D eigenvalue weighted by Gasteiger charge is 2.07. The van der Waals surface area contributed by atoms with E-state index >= 15 is 0 Å². The number of carbonyl (C=O) groups is 2. The van der Waals surface area contributed by atoms with Gasteiger partial charge in [-0.3, -0.25) is 14.4 Å². The quantitative estimate of drug-likeness (QED) is 0.364. The summed E-state index contributed by atoms with van der Waals surface area (Å²) in [6.07, 6.45) is 4.42. The Bertz CT molecular complexity index is 724. The first-order chi connectivity index (χ1) is 9.11. The van der Waals surface area contributed by atoms with Crippen LogP contribution in [-0.2, 0) is 9.59 Å². The van der Waals surface area contributed by atoms with E-state index in [2.05, 4.69) is 0 Å². The van der Waals surface area contributed by atoms with Gasteiger partial charge in [0.15, 0.2) is 5.43 Å². The van der Waals surface area contributed by atoms with Gasteiger partial charge in [-0.25, -0.2) is 0 Å². The van der Waals surface area contributed by atoms with E-state index in [9.17, 15) is 14.4 Å². The molecule has 96 valence electrons. The average molecular weight is 258 g/mol. The number of carbonyl (C=O) groups excluding carboxylic acids is 2. The van der Waals surface area contributed by atoms with E-state index in [-0.39, 0.29) is 11.0 Å². The molecule has 0 radical (unpaired) electrons. The van der Waals surface area contributed by atoms with E-state index in [1.54, 1.807) is 0 Å². The minimum atomic E-state index is -0.452. The highest BCUT2D eigenvalue weighted by Crippen LogP contribution is 2.19. The van der Waals surface area contributed by atoms with Gasteiger partial charge in [0.05, 0.1) is 10.9 Å². The van der Waals surface area contributed by atoms with Crippen LogP contribution in [-0.4, -0.2) is 12.3 Å². The predicted molar refractivity (Wildman–Crippen MR) is 68.9 cm³/mol. The Hall–Kier alpha value is -2.69. The second kappa shape index (κ2) is 5.30. The zero-order valence-corrected chi connectivity index (χ0v) is 10.1. The third-order valence-corrected chi connectivity index (χ3v) is 2.39. The van der Waals surface area contributed by atoms with Gasteiger partial charge in [-0.2, -0.15) is 0 Å². The fraction of sp³-hybridized carbons (Fsp3) is 0.0714. The second-order valence-corrected chi connectivity index (χ2v) is 3.77. The molecule has 0 spiro atoms. The fourth-order valence-electron chi connectivity index (χ4n) is 1.61. The Morgan fingerprint density at radius 3 is 2.84 bits per heavy atom. The normalized spacial score (nSPS) is 10.8. The van der Waals surface area contributed by atoms with E-state index in [0.717, 1.165) is 0 Å². The molecule has 1 aromatic carbocycles. The number of fused-ring (bicyclic) bond motifs is 1. The zero-order chi connectivity index (χ0) is 13.8. The molecule has 1 aromatic heterocycles. The van der Waals surface area contributed by atoms with Crippen molar-refractivity contribution in [2.24, 2.45) is 0 Å². The van der Waals surface area contributed by atoms with Gasteiger partial charge < -0.3 is 9.15 Å². The summed E-state index contributed by atoms with van der Waals surface area (Å²) < 4.78 is 10.2. The van der Waals surface area contributed by atoms with Gasteiger partial charge in [0.25, 0.3) is 0 Å². The molecule has 19 heavy (non-hydrogen) atoms. The van der Waals surface area contributed by atoms with Gasteiger partial charge in [0.2, 0.25) is 0 Å². The number of hydrogen-bond donors (Lipinski definition) is 0. The summed E-state index contributed by atoms with van der Waals surface area (Å²) in [4.78, 5) is 33.1. The molecule has 0 saturated heterocycles. The Labute approximate surface area is 108 Å². The van der Waals surface area contributed by atoms with Crippen molar-refractivity contribution in [3.05, 3.63) is 46.3 Å². The lowest BCUT2D eigenvalue weighted by Crippen LogP contribution is -2.06. The van der Waals surface area contributed by atoms with Gasteiger partial charge in [-0.15, -0.1) is 0 Å². The molecule has 5 heteroatoms. The summed E-state index contributed by atoms with van der Waals surface area (Å²) in [5, 5.41) is 0.351. The molecule has 0 atom stereocenters. The molecule has 2 rings (SSSR count). The molecular formula is C14H10O5. The molecule has 0 amide bonds. The van der Waals surface area contributed by atoms with Crippen LogP contribution in [0.3, 0.4) is 0 Å². The van der Waals surface area contributed by atoms with Crippen LogP contribution in [0.5, 0.6) is 5.75 Å². The largest absolute Gasteiger partial charge is 0.463 e. The first kappa shape index (κ1) is 12.8. The molecule has 2 aromatic rings. The summed E-state index contributed by atoms with van der Waals surface area (Å²) >= 11 is 0. The smallest absolute Gasteiger partial charge is 0.308 e. The Kier molecular flexibility index (Phi) is 3.56. The molecule has 5 nitrogen and oxygen atoms in total. The first-order valence-electron chi connectivity index (χ1n) is 5.47. The van der Waals surface area contributed by atoms with Crippen LogP contribution in [0.4, 0.5) is 0 Å². The molecule has 1 heterocycles. The molecule has 0 aliphatic heterocycles. The van der Waals surface area contributed by atoms with Crippen molar-refractivity contribution in [1.29, 1.82) is 0 Å². The van der Waals surface area contributed by atoms with Gasteiger partial charge in [0, 0.05) is 13.0 Å². The van der Waals surface area contributed by atoms with E-state index in [1.165, 1.54) is 43.5 Å². The van der Waals surface area contributed by atoms with Gasteiger partial charge in [-0.1, -0.05) is 0 Å². The van der Waals surface area contributed by atoms with E-state index in [1.807, 2.05) is 0 Å². The Morgan fingerprint density at radius 2 is 2.16 bits per heavy atom. The Balaban J connectivity index is 2.53. The predicted octanol–water partition coefficient (Wildman–Crippen LogP) is 1.93. The van der Waals surface area contributed by atoms with Crippen molar-refractivity contribution in [2.45, 2.75) is 6.92 Å². The number of ether oxygens (including phenoxy) is 1. The minimum absolute atomic E-state index is 0.256. The van der Waals surface area contributed by atoms with Gasteiger partial charge in [-0.05, 0) is 24.3 Å². The van der Waals surface area contributed by atoms with Crippen molar-refractivity contribution < 1.29 is 18.7 Å². The van der Waals surface area contributed by atoms with Crippen molar-refractivity contribution in [1.82, 2.24) is 0 Å². The maximum Gasteiger partial charge on any atom is 0.308 e. The van der Waals surface area contributed by atoms with Crippen molar-refractivity contribution in [2.75, 3.05) is 0 Å². The molecular weight excluding hydrogens is 248 g/mol. The molecule has 0 aliphatic carbocycles. The highest BCUT2D eigenvalue weighted by molar-refractivity contribution is 5.82. The molecule has 0 saturated carbocycles. The second-order valence-electron chi connectivity index (χ2n) is 3.77. The van der Waals surface area contributed by atoms with E-state index in [4.69, 9.17) is 9.15 Å². The first-order valence-corrected chi connectivity index (χ1v) is 5.47. The summed E-state index contributed by atoms with van der Waals surface area (Å²) in [5.41, 5.74) is 0.334. The lowest BCUT2D eigenvalue weighted by Gasteiger charge is -2.02. The topological polar surface area (TPSA) is 73.6 Å². The standard InChI is InChI=1S/C14H10O5/c1-9(16)19-11-4-5-12-13(7-11)18-8-10(14(12)17)3-2-6-15/h2-8H,1H3/b3-2+. The minimum Gasteiger partial charge on any atom is -0.463 e. The van der Waals surface area contributed by atoms with Crippen LogP contribution < -0.4 is 10.2 Å². The molecule has 0 N–H and O–H groups in total. The monoisotopic (exact) mass is 258 g/mol. The molecule has 0 unspecified atom stereocenters. The van der Waals surface area contributed by atoms with Crippen LogP contribution in [0.1, 0.15) is 12.5 Å². The lowest BCUT2D eigenvalue weighted by atomic mass is 10.1. The summed E-state index contributed by atoms with van der Waals surface area (Å²) in [6, 6.07) is 4.48. The van der Waals surface area contributed by atoms with E-state index < -0.39 is 5.97 Å². The van der Waals surface area contributed by atoms with Crippen LogP contribution in [0.25, 0.3) is 17.0 Å². The van der Waals surface area contributed by atoms with Crippen molar-refractivity contribution >= 4 is 29.3 Å². The highest BCUT2D eigenvalue weighted by atomic mass is 16.5. The third-order valence-electron chi connectivity index (χ3n) is 2.39. The number of esters is 1. The van der Waals surface area contributed by atoms with Crippen LogP contribution >= 0.6 is 0 Å². The van der Waals surface area contributed by atoms with Gasteiger partial charge in [0.1, 0.15) is 23.9 Å². The van der Waals surface area contributed by atoms with Crippen molar-refractivity contribution in [3.8, 4) is 5.75 Å². The summed E-state index contributed by atoms with van der Waals surface area (Å²) in [6.45, 7) is 1.29. The molecule has 0 fully saturated rings. The SMILES string of the molecule is CC(=O)Oc1ccc2c(=O)c(/C=C/C=O)coc2c1. The number of hydrogen-bond acceptors (Lipinski definition) is 5. The summed E-state index contributed by atoms with van der Waals surface area (Å²) in [7, 11) is 0. The molecule has 0 aliphatic rings.